The standard InChI is InChI=1S/C16H17F3N2O3/c1-21-12-6-5-11(8-13(12)24-15(21)23)20-14(22)9-3-2-4-10(7-9)16(17,18)19/h5-6,8-10H,2-4,7H2,1H3,(H,20,22)/t9-,10-/m0/s1. The third kappa shape index (κ3) is 3.18. The van der Waals surface area contributed by atoms with Gasteiger partial charge in [-0.25, -0.2) is 4.79 Å². The van der Waals surface area contributed by atoms with Gasteiger partial charge in [0, 0.05) is 24.7 Å². The first-order chi connectivity index (χ1) is 11.3. The Labute approximate surface area is 135 Å². The molecule has 0 unspecified atom stereocenters. The van der Waals surface area contributed by atoms with Crippen molar-refractivity contribution in [2.75, 3.05) is 5.32 Å². The van der Waals surface area contributed by atoms with Gasteiger partial charge in [-0.1, -0.05) is 6.42 Å². The van der Waals surface area contributed by atoms with E-state index in [9.17, 15) is 22.8 Å². The molecule has 1 saturated carbocycles. The Morgan fingerprint density at radius 1 is 1.33 bits per heavy atom. The SMILES string of the molecule is Cn1c(=O)oc2cc(NC(=O)[C@H]3CCC[C@H](C(F)(F)F)C3)ccc21. The van der Waals surface area contributed by atoms with Gasteiger partial charge in [0.15, 0.2) is 5.58 Å². The lowest BCUT2D eigenvalue weighted by molar-refractivity contribution is -0.185. The summed E-state index contributed by atoms with van der Waals surface area (Å²) in [7, 11) is 1.56. The molecule has 1 aliphatic carbocycles. The van der Waals surface area contributed by atoms with E-state index in [-0.39, 0.29) is 12.8 Å². The van der Waals surface area contributed by atoms with Crippen LogP contribution in [-0.2, 0) is 11.8 Å². The highest BCUT2D eigenvalue weighted by Gasteiger charge is 2.43. The van der Waals surface area contributed by atoms with Crippen LogP contribution in [0, 0.1) is 11.8 Å². The van der Waals surface area contributed by atoms with Gasteiger partial charge in [-0.15, -0.1) is 0 Å². The lowest BCUT2D eigenvalue weighted by Gasteiger charge is -2.29. The maximum absolute atomic E-state index is 12.8. The van der Waals surface area contributed by atoms with E-state index >= 15 is 0 Å². The zero-order chi connectivity index (χ0) is 17.5. The number of fused-ring (bicyclic) bond motifs is 1. The van der Waals surface area contributed by atoms with Crippen LogP contribution in [0.3, 0.4) is 0 Å². The summed E-state index contributed by atoms with van der Waals surface area (Å²) in [4.78, 5) is 23.7. The molecule has 1 heterocycles. The Bertz CT molecular complexity index is 822. The molecule has 1 fully saturated rings. The third-order valence-electron chi connectivity index (χ3n) is 4.57. The summed E-state index contributed by atoms with van der Waals surface area (Å²) >= 11 is 0. The van der Waals surface area contributed by atoms with Crippen molar-refractivity contribution in [1.82, 2.24) is 4.57 Å². The molecule has 8 heteroatoms. The molecule has 0 saturated heterocycles. The highest BCUT2D eigenvalue weighted by atomic mass is 19.4. The van der Waals surface area contributed by atoms with Crippen LogP contribution in [0.25, 0.3) is 11.1 Å². The van der Waals surface area contributed by atoms with Crippen molar-refractivity contribution in [3.63, 3.8) is 0 Å². The van der Waals surface area contributed by atoms with Crippen molar-refractivity contribution in [3.8, 4) is 0 Å². The van der Waals surface area contributed by atoms with Crippen molar-refractivity contribution in [3.05, 3.63) is 28.7 Å². The number of hydrogen-bond donors (Lipinski definition) is 1. The number of anilines is 1. The number of hydrogen-bond acceptors (Lipinski definition) is 3. The average molecular weight is 342 g/mol. The number of amides is 1. The molecule has 24 heavy (non-hydrogen) atoms. The summed E-state index contributed by atoms with van der Waals surface area (Å²) in [5.74, 6) is -3.03. The van der Waals surface area contributed by atoms with Crippen molar-refractivity contribution in [2.24, 2.45) is 18.9 Å². The van der Waals surface area contributed by atoms with Crippen LogP contribution in [0.1, 0.15) is 25.7 Å². The molecule has 2 aromatic rings. The second-order valence-electron chi connectivity index (χ2n) is 6.20. The Morgan fingerprint density at radius 3 is 2.79 bits per heavy atom. The quantitative estimate of drug-likeness (QED) is 0.909. The van der Waals surface area contributed by atoms with E-state index in [1.54, 1.807) is 19.2 Å². The highest BCUT2D eigenvalue weighted by molar-refractivity contribution is 5.94. The fraction of sp³-hybridized carbons (Fsp3) is 0.500. The van der Waals surface area contributed by atoms with E-state index in [4.69, 9.17) is 4.42 Å². The molecule has 0 aliphatic heterocycles. The Morgan fingerprint density at radius 2 is 2.08 bits per heavy atom. The molecular formula is C16H17F3N2O3. The minimum atomic E-state index is -4.26. The molecular weight excluding hydrogens is 325 g/mol. The largest absolute Gasteiger partial charge is 0.419 e. The van der Waals surface area contributed by atoms with Crippen LogP contribution in [0.2, 0.25) is 0 Å². The number of nitrogens with zero attached hydrogens (tertiary/aromatic N) is 1. The number of nitrogens with one attached hydrogen (secondary N) is 1. The molecule has 2 atom stereocenters. The minimum absolute atomic E-state index is 0.0778. The summed E-state index contributed by atoms with van der Waals surface area (Å²) in [5, 5.41) is 2.63. The molecule has 3 rings (SSSR count). The number of halogens is 3. The number of carbonyl (C=O) groups excluding carboxylic acids is 1. The number of benzene rings is 1. The van der Waals surface area contributed by atoms with Gasteiger partial charge in [0.1, 0.15) is 0 Å². The van der Waals surface area contributed by atoms with Gasteiger partial charge in [-0.2, -0.15) is 13.2 Å². The number of aromatic nitrogens is 1. The topological polar surface area (TPSA) is 64.2 Å². The molecule has 130 valence electrons. The van der Waals surface area contributed by atoms with Crippen LogP contribution in [0.15, 0.2) is 27.4 Å². The van der Waals surface area contributed by atoms with Crippen LogP contribution in [0.5, 0.6) is 0 Å². The smallest absolute Gasteiger partial charge is 0.408 e. The number of oxazole rings is 1. The normalized spacial score (nSPS) is 21.8. The Balaban J connectivity index is 1.73. The van der Waals surface area contributed by atoms with E-state index in [2.05, 4.69) is 5.32 Å². The Hall–Kier alpha value is -2.25. The predicted molar refractivity (Wildman–Crippen MR) is 81.6 cm³/mol. The van der Waals surface area contributed by atoms with E-state index in [0.717, 1.165) is 0 Å². The first-order valence-corrected chi connectivity index (χ1v) is 7.73. The number of aryl methyl sites for hydroxylation is 1. The maximum Gasteiger partial charge on any atom is 0.419 e. The van der Waals surface area contributed by atoms with Gasteiger partial charge in [-0.05, 0) is 31.4 Å². The maximum atomic E-state index is 12.8. The highest BCUT2D eigenvalue weighted by Crippen LogP contribution is 2.40. The molecule has 1 aromatic carbocycles. The van der Waals surface area contributed by atoms with Crippen LogP contribution >= 0.6 is 0 Å². The van der Waals surface area contributed by atoms with Gasteiger partial charge < -0.3 is 9.73 Å². The average Bonchev–Trinajstić information content (AvgIpc) is 2.81. The minimum Gasteiger partial charge on any atom is -0.408 e. The van der Waals surface area contributed by atoms with E-state index in [1.165, 1.54) is 10.6 Å². The van der Waals surface area contributed by atoms with Gasteiger partial charge in [0.2, 0.25) is 5.91 Å². The molecule has 0 radical (unpaired) electrons. The first kappa shape index (κ1) is 16.6. The van der Waals surface area contributed by atoms with Crippen LogP contribution in [-0.4, -0.2) is 16.7 Å². The monoisotopic (exact) mass is 342 g/mol. The second-order valence-corrected chi connectivity index (χ2v) is 6.20. The zero-order valence-corrected chi connectivity index (χ0v) is 13.0. The molecule has 1 amide bonds. The van der Waals surface area contributed by atoms with Gasteiger partial charge in [0.05, 0.1) is 11.4 Å². The van der Waals surface area contributed by atoms with Crippen LogP contribution < -0.4 is 11.1 Å². The predicted octanol–water partition coefficient (Wildman–Crippen LogP) is 3.44. The molecule has 5 nitrogen and oxygen atoms in total. The molecule has 1 aromatic heterocycles. The summed E-state index contributed by atoms with van der Waals surface area (Å²) < 4.78 is 44.9. The van der Waals surface area contributed by atoms with E-state index in [0.29, 0.717) is 29.6 Å². The molecule has 1 N–H and O–H groups in total. The van der Waals surface area contributed by atoms with Crippen molar-refractivity contribution >= 4 is 22.7 Å². The third-order valence-corrected chi connectivity index (χ3v) is 4.57. The summed E-state index contributed by atoms with van der Waals surface area (Å²) in [6.07, 6.45) is -3.53. The van der Waals surface area contributed by atoms with Crippen molar-refractivity contribution < 1.29 is 22.4 Å². The zero-order valence-electron chi connectivity index (χ0n) is 13.0. The number of carbonyl (C=O) groups is 1. The van der Waals surface area contributed by atoms with Gasteiger partial charge in [0.25, 0.3) is 0 Å². The molecule has 0 spiro atoms. The lowest BCUT2D eigenvalue weighted by atomic mass is 9.80. The summed E-state index contributed by atoms with van der Waals surface area (Å²) in [6, 6.07) is 4.72. The number of rotatable bonds is 2. The van der Waals surface area contributed by atoms with Crippen molar-refractivity contribution in [1.29, 1.82) is 0 Å². The molecule has 0 bridgehead atoms. The fourth-order valence-electron chi connectivity index (χ4n) is 3.18. The van der Waals surface area contributed by atoms with E-state index < -0.39 is 29.7 Å². The van der Waals surface area contributed by atoms with Crippen molar-refractivity contribution in [2.45, 2.75) is 31.9 Å². The number of alkyl halides is 3. The summed E-state index contributed by atoms with van der Waals surface area (Å²) in [5.41, 5.74) is 1.29. The van der Waals surface area contributed by atoms with Gasteiger partial charge >= 0.3 is 11.9 Å². The van der Waals surface area contributed by atoms with Crippen LogP contribution in [0.4, 0.5) is 18.9 Å². The van der Waals surface area contributed by atoms with E-state index in [1.807, 2.05) is 0 Å². The second kappa shape index (κ2) is 5.99. The first-order valence-electron chi connectivity index (χ1n) is 7.73. The Kier molecular flexibility index (Phi) is 4.15. The lowest BCUT2D eigenvalue weighted by Crippen LogP contribution is -2.34. The van der Waals surface area contributed by atoms with Gasteiger partial charge in [-0.3, -0.25) is 9.36 Å². The fourth-order valence-corrected chi connectivity index (χ4v) is 3.18. The molecule has 1 aliphatic rings. The summed E-state index contributed by atoms with van der Waals surface area (Å²) in [6.45, 7) is 0.